The molecular weight excluding hydrogens is 721 g/mol. The van der Waals surface area contributed by atoms with Crippen LogP contribution in [0.25, 0.3) is 99.2 Å². The molecule has 5 heteroatoms. The van der Waals surface area contributed by atoms with Crippen molar-refractivity contribution in [3.05, 3.63) is 207 Å². The Hall–Kier alpha value is -8.02. The van der Waals surface area contributed by atoms with Crippen molar-refractivity contribution in [1.82, 2.24) is 18.8 Å². The van der Waals surface area contributed by atoms with Gasteiger partial charge in [-0.3, -0.25) is 8.80 Å². The van der Waals surface area contributed by atoms with Crippen LogP contribution in [0.4, 0.5) is 0 Å². The number of aromatic nitrogens is 4. The number of imidazole rings is 2. The summed E-state index contributed by atoms with van der Waals surface area (Å²) in [6.07, 6.45) is 7.92. The van der Waals surface area contributed by atoms with Crippen LogP contribution in [0.2, 0.25) is 0 Å². The zero-order valence-corrected chi connectivity index (χ0v) is 31.8. The molecule has 0 saturated heterocycles. The van der Waals surface area contributed by atoms with Crippen LogP contribution >= 0.6 is 0 Å². The average Bonchev–Trinajstić information content (AvgIpc) is 4.01. The minimum atomic E-state index is 0.740. The van der Waals surface area contributed by atoms with Crippen molar-refractivity contribution < 1.29 is 4.74 Å². The van der Waals surface area contributed by atoms with Gasteiger partial charge in [-0.2, -0.15) is 0 Å². The summed E-state index contributed by atoms with van der Waals surface area (Å²) in [6, 6.07) is 64.3. The molecule has 0 aliphatic rings. The lowest BCUT2D eigenvalue weighted by molar-refractivity contribution is 0.484. The summed E-state index contributed by atoms with van der Waals surface area (Å²) in [5.41, 5.74) is 13.4. The first-order valence-electron chi connectivity index (χ1n) is 19.9. The third-order valence-electron chi connectivity index (χ3n) is 11.7. The lowest BCUT2D eigenvalue weighted by Crippen LogP contribution is -1.97. The lowest BCUT2D eigenvalue weighted by Gasteiger charge is -2.18. The van der Waals surface area contributed by atoms with E-state index in [0.717, 1.165) is 77.3 Å². The second kappa shape index (κ2) is 13.3. The standard InChI is InChI=1S/C54H34N4O/c1-5-13-35(14-6-1)41-25-27-45-43-23-21-39(33-47(43)53-55-29-31-57(53)51(45)49(41)37-17-9-3-10-18-37)59-40-22-24-44-46-28-26-42(36-15-7-2-8-16-36)50(38-19-11-4-12-20-38)52(46)58-32-30-56-54(58)48(44)34-40/h1-34H. The molecule has 0 N–H and O–H groups in total. The molecule has 0 saturated carbocycles. The van der Waals surface area contributed by atoms with Gasteiger partial charge in [0, 0.05) is 57.5 Å². The maximum absolute atomic E-state index is 6.74. The SMILES string of the molecule is c1ccc(-c2ccc3c4ccc(Oc5ccc6c(c5)c5nccn5c5c(-c7ccccc7)c(-c7ccccc7)ccc65)cc4c4nccn4c3c2-c2ccccc2)cc1. The van der Waals surface area contributed by atoms with Crippen LogP contribution in [0.15, 0.2) is 207 Å². The van der Waals surface area contributed by atoms with Gasteiger partial charge in [0.25, 0.3) is 0 Å². The zero-order chi connectivity index (χ0) is 38.9. The molecule has 0 aliphatic heterocycles. The minimum absolute atomic E-state index is 0.740. The number of hydrogen-bond donors (Lipinski definition) is 0. The molecule has 0 radical (unpaired) electrons. The Morgan fingerprint density at radius 3 is 1.12 bits per heavy atom. The molecule has 4 heterocycles. The molecule has 4 aromatic heterocycles. The Kier molecular flexibility index (Phi) is 7.47. The Morgan fingerprint density at radius 2 is 0.712 bits per heavy atom. The van der Waals surface area contributed by atoms with Crippen LogP contribution in [0.3, 0.4) is 0 Å². The van der Waals surface area contributed by atoms with Gasteiger partial charge in [0.1, 0.15) is 22.8 Å². The van der Waals surface area contributed by atoms with Gasteiger partial charge in [-0.1, -0.05) is 146 Å². The van der Waals surface area contributed by atoms with E-state index in [-0.39, 0.29) is 0 Å². The van der Waals surface area contributed by atoms with Crippen molar-refractivity contribution in [2.24, 2.45) is 0 Å². The van der Waals surface area contributed by atoms with Gasteiger partial charge in [-0.05, 0) is 80.6 Å². The molecule has 0 fully saturated rings. The number of nitrogens with zero attached hydrogens (tertiary/aromatic N) is 4. The molecule has 0 atom stereocenters. The second-order valence-corrected chi connectivity index (χ2v) is 15.0. The molecule has 12 aromatic rings. The molecule has 0 aliphatic carbocycles. The Labute approximate surface area is 339 Å². The van der Waals surface area contributed by atoms with Gasteiger partial charge in [-0.25, -0.2) is 9.97 Å². The molecule has 0 unspecified atom stereocenters. The quantitative estimate of drug-likeness (QED) is 0.159. The van der Waals surface area contributed by atoms with Gasteiger partial charge in [0.05, 0.1) is 11.0 Å². The van der Waals surface area contributed by atoms with Crippen molar-refractivity contribution in [3.8, 4) is 56.0 Å². The highest BCUT2D eigenvalue weighted by molar-refractivity contribution is 6.19. The van der Waals surface area contributed by atoms with Gasteiger partial charge >= 0.3 is 0 Å². The largest absolute Gasteiger partial charge is 0.457 e. The van der Waals surface area contributed by atoms with E-state index in [2.05, 4.69) is 203 Å². The summed E-state index contributed by atoms with van der Waals surface area (Å²) < 4.78 is 11.2. The minimum Gasteiger partial charge on any atom is -0.457 e. The monoisotopic (exact) mass is 754 g/mol. The van der Waals surface area contributed by atoms with E-state index in [1.54, 1.807) is 0 Å². The highest BCUT2D eigenvalue weighted by atomic mass is 16.5. The maximum Gasteiger partial charge on any atom is 0.145 e. The van der Waals surface area contributed by atoms with Crippen LogP contribution < -0.4 is 4.74 Å². The third kappa shape index (κ3) is 5.25. The summed E-state index contributed by atoms with van der Waals surface area (Å²) in [5.74, 6) is 1.48. The van der Waals surface area contributed by atoms with Crippen molar-refractivity contribution in [2.45, 2.75) is 0 Å². The molecule has 276 valence electrons. The summed E-state index contributed by atoms with van der Waals surface area (Å²) in [4.78, 5) is 9.86. The number of benzene rings is 8. The average molecular weight is 755 g/mol. The predicted molar refractivity (Wildman–Crippen MR) is 242 cm³/mol. The van der Waals surface area contributed by atoms with Crippen molar-refractivity contribution in [2.75, 3.05) is 0 Å². The first kappa shape index (κ1) is 33.2. The Morgan fingerprint density at radius 1 is 0.339 bits per heavy atom. The molecule has 0 bridgehead atoms. The number of ether oxygens (including phenoxy) is 1. The number of pyridine rings is 2. The van der Waals surface area contributed by atoms with Crippen LogP contribution in [0.5, 0.6) is 11.5 Å². The second-order valence-electron chi connectivity index (χ2n) is 15.0. The molecule has 8 aromatic carbocycles. The fourth-order valence-corrected chi connectivity index (χ4v) is 9.14. The van der Waals surface area contributed by atoms with E-state index >= 15 is 0 Å². The number of fused-ring (bicyclic) bond motifs is 12. The first-order chi connectivity index (χ1) is 29.3. The van der Waals surface area contributed by atoms with E-state index in [1.165, 1.54) is 33.4 Å². The number of hydrogen-bond acceptors (Lipinski definition) is 3. The smallest absolute Gasteiger partial charge is 0.145 e. The van der Waals surface area contributed by atoms with E-state index < -0.39 is 0 Å². The van der Waals surface area contributed by atoms with Crippen LogP contribution in [0, 0.1) is 0 Å². The summed E-state index contributed by atoms with van der Waals surface area (Å²) in [6.45, 7) is 0. The highest BCUT2D eigenvalue weighted by Crippen LogP contribution is 2.44. The Balaban J connectivity index is 1.01. The van der Waals surface area contributed by atoms with E-state index in [4.69, 9.17) is 14.7 Å². The zero-order valence-electron chi connectivity index (χ0n) is 31.8. The van der Waals surface area contributed by atoms with Gasteiger partial charge in [-0.15, -0.1) is 0 Å². The third-order valence-corrected chi connectivity index (χ3v) is 11.7. The van der Waals surface area contributed by atoms with Crippen LogP contribution in [-0.4, -0.2) is 18.8 Å². The molecule has 0 spiro atoms. The maximum atomic E-state index is 6.74. The van der Waals surface area contributed by atoms with Gasteiger partial charge in [0.15, 0.2) is 0 Å². The normalized spacial score (nSPS) is 11.7. The van der Waals surface area contributed by atoms with E-state index in [9.17, 15) is 0 Å². The molecule has 0 amide bonds. The van der Waals surface area contributed by atoms with Crippen molar-refractivity contribution >= 4 is 54.6 Å². The topological polar surface area (TPSA) is 43.8 Å². The lowest BCUT2D eigenvalue weighted by atomic mass is 9.90. The van der Waals surface area contributed by atoms with Gasteiger partial charge in [0.2, 0.25) is 0 Å². The van der Waals surface area contributed by atoms with Crippen LogP contribution in [-0.2, 0) is 0 Å². The summed E-state index contributed by atoms with van der Waals surface area (Å²) in [7, 11) is 0. The number of rotatable bonds is 6. The van der Waals surface area contributed by atoms with Crippen molar-refractivity contribution in [1.29, 1.82) is 0 Å². The predicted octanol–water partition coefficient (Wildman–Crippen LogP) is 14.1. The van der Waals surface area contributed by atoms with E-state index in [0.29, 0.717) is 0 Å². The fourth-order valence-electron chi connectivity index (χ4n) is 9.14. The highest BCUT2D eigenvalue weighted by Gasteiger charge is 2.21. The van der Waals surface area contributed by atoms with E-state index in [1.807, 2.05) is 12.4 Å². The van der Waals surface area contributed by atoms with Gasteiger partial charge < -0.3 is 4.74 Å². The fraction of sp³-hybridized carbons (Fsp3) is 0. The molecular formula is C54H34N4O. The first-order valence-corrected chi connectivity index (χ1v) is 19.9. The summed E-state index contributed by atoms with van der Waals surface area (Å²) in [5, 5.41) is 6.60. The molecule has 12 rings (SSSR count). The van der Waals surface area contributed by atoms with Crippen molar-refractivity contribution in [3.63, 3.8) is 0 Å². The Bertz CT molecular complexity index is 3320. The summed E-state index contributed by atoms with van der Waals surface area (Å²) >= 11 is 0. The van der Waals surface area contributed by atoms with Crippen LogP contribution in [0.1, 0.15) is 0 Å². The molecule has 59 heavy (non-hydrogen) atoms. The molecule has 5 nitrogen and oxygen atoms in total.